The molecule has 0 spiro atoms. The van der Waals surface area contributed by atoms with Gasteiger partial charge in [0.1, 0.15) is 0 Å². The summed E-state index contributed by atoms with van der Waals surface area (Å²) in [6.45, 7) is 2.52. The number of hydrogen-bond acceptors (Lipinski definition) is 5. The number of hydrogen-bond donors (Lipinski definition) is 1. The lowest BCUT2D eigenvalue weighted by molar-refractivity contribution is 0.175. The minimum absolute atomic E-state index is 0.144. The van der Waals surface area contributed by atoms with Crippen molar-refractivity contribution >= 4 is 0 Å². The predicted octanol–water partition coefficient (Wildman–Crippen LogP) is 1.93. The molecule has 0 aliphatic carbocycles. The van der Waals surface area contributed by atoms with E-state index in [0.717, 1.165) is 0 Å². The molecule has 2 rings (SSSR count). The van der Waals surface area contributed by atoms with Gasteiger partial charge in [-0.1, -0.05) is 35.5 Å². The molecule has 0 saturated heterocycles. The van der Waals surface area contributed by atoms with Crippen LogP contribution in [0.4, 0.5) is 0 Å². The molecule has 5 heteroatoms. The molecule has 1 N–H and O–H groups in total. The molecule has 0 aliphatic rings. The molecule has 5 nitrogen and oxygen atoms in total. The van der Waals surface area contributed by atoms with E-state index in [9.17, 15) is 5.11 Å². The smallest absolute Gasteiger partial charge is 0.223 e. The van der Waals surface area contributed by atoms with Crippen molar-refractivity contribution in [2.24, 2.45) is 0 Å². The van der Waals surface area contributed by atoms with Crippen molar-refractivity contribution in [3.8, 4) is 0 Å². The lowest BCUT2D eigenvalue weighted by Gasteiger charge is -2.26. The predicted molar refractivity (Wildman–Crippen MR) is 71.4 cm³/mol. The second kappa shape index (κ2) is 6.45. The van der Waals surface area contributed by atoms with Crippen molar-refractivity contribution in [2.75, 3.05) is 13.7 Å². The zero-order valence-electron chi connectivity index (χ0n) is 11.3. The molecule has 0 saturated carbocycles. The Morgan fingerprint density at radius 2 is 2.05 bits per heavy atom. The summed E-state index contributed by atoms with van der Waals surface area (Å²) in [7, 11) is 2.00. The third kappa shape index (κ3) is 3.62. The maximum Gasteiger partial charge on any atom is 0.223 e. The Balaban J connectivity index is 2.10. The first-order valence-corrected chi connectivity index (χ1v) is 6.36. The van der Waals surface area contributed by atoms with Gasteiger partial charge in [-0.05, 0) is 19.0 Å². The molecule has 19 heavy (non-hydrogen) atoms. The average molecular weight is 261 g/mol. The van der Waals surface area contributed by atoms with E-state index in [0.29, 0.717) is 24.7 Å². The summed E-state index contributed by atoms with van der Waals surface area (Å²) in [4.78, 5) is 6.33. The zero-order chi connectivity index (χ0) is 13.7. The molecule has 2 aromatic rings. The summed E-state index contributed by atoms with van der Waals surface area (Å²) in [6.07, 6.45) is 0.678. The Morgan fingerprint density at radius 3 is 2.63 bits per heavy atom. The van der Waals surface area contributed by atoms with Gasteiger partial charge in [0.05, 0.1) is 6.54 Å². The van der Waals surface area contributed by atoms with Gasteiger partial charge in [0.2, 0.25) is 5.89 Å². The van der Waals surface area contributed by atoms with Crippen molar-refractivity contribution in [1.82, 2.24) is 15.0 Å². The van der Waals surface area contributed by atoms with E-state index >= 15 is 0 Å². The highest BCUT2D eigenvalue weighted by molar-refractivity contribution is 5.19. The molecule has 1 heterocycles. The van der Waals surface area contributed by atoms with Crippen LogP contribution in [0.3, 0.4) is 0 Å². The lowest BCUT2D eigenvalue weighted by atomic mass is 10.0. The Bertz CT molecular complexity index is 498. The van der Waals surface area contributed by atoms with E-state index in [1.165, 1.54) is 5.56 Å². The first kappa shape index (κ1) is 13.7. The molecule has 1 unspecified atom stereocenters. The number of benzene rings is 1. The number of aryl methyl sites for hydroxylation is 1. The van der Waals surface area contributed by atoms with Gasteiger partial charge in [-0.15, -0.1) is 0 Å². The van der Waals surface area contributed by atoms with E-state index in [1.807, 2.05) is 25.2 Å². The van der Waals surface area contributed by atoms with Crippen LogP contribution in [0.15, 0.2) is 34.9 Å². The minimum Gasteiger partial charge on any atom is -0.396 e. The van der Waals surface area contributed by atoms with Crippen LogP contribution in [0.5, 0.6) is 0 Å². The van der Waals surface area contributed by atoms with Gasteiger partial charge in [-0.25, -0.2) is 0 Å². The van der Waals surface area contributed by atoms with Gasteiger partial charge < -0.3 is 9.63 Å². The van der Waals surface area contributed by atoms with Crippen LogP contribution in [-0.4, -0.2) is 33.8 Å². The number of aliphatic hydroxyl groups excluding tert-OH is 1. The maximum atomic E-state index is 9.24. The molecule has 1 aromatic carbocycles. The van der Waals surface area contributed by atoms with Crippen molar-refractivity contribution < 1.29 is 9.63 Å². The van der Waals surface area contributed by atoms with E-state index in [2.05, 4.69) is 27.2 Å². The number of nitrogens with zero attached hydrogens (tertiary/aromatic N) is 3. The maximum absolute atomic E-state index is 9.24. The summed E-state index contributed by atoms with van der Waals surface area (Å²) in [5, 5.41) is 13.1. The van der Waals surface area contributed by atoms with E-state index in [4.69, 9.17) is 4.52 Å². The Kier molecular flexibility index (Phi) is 4.65. The molecule has 0 amide bonds. The van der Waals surface area contributed by atoms with Crippen LogP contribution in [0.25, 0.3) is 0 Å². The normalized spacial score (nSPS) is 12.8. The monoisotopic (exact) mass is 261 g/mol. The Hall–Kier alpha value is -1.72. The van der Waals surface area contributed by atoms with Crippen molar-refractivity contribution in [3.05, 3.63) is 47.6 Å². The van der Waals surface area contributed by atoms with Gasteiger partial charge in [-0.3, -0.25) is 4.90 Å². The van der Waals surface area contributed by atoms with Crippen LogP contribution >= 0.6 is 0 Å². The van der Waals surface area contributed by atoms with Gasteiger partial charge in [0, 0.05) is 19.6 Å². The third-order valence-corrected chi connectivity index (χ3v) is 3.08. The topological polar surface area (TPSA) is 62.4 Å². The first-order valence-electron chi connectivity index (χ1n) is 6.36. The highest BCUT2D eigenvalue weighted by atomic mass is 16.5. The summed E-state index contributed by atoms with van der Waals surface area (Å²) in [6, 6.07) is 10.3. The quantitative estimate of drug-likeness (QED) is 0.861. The number of aromatic nitrogens is 2. The fourth-order valence-electron chi connectivity index (χ4n) is 2.18. The van der Waals surface area contributed by atoms with Crippen LogP contribution < -0.4 is 0 Å². The van der Waals surface area contributed by atoms with E-state index in [-0.39, 0.29) is 12.6 Å². The van der Waals surface area contributed by atoms with Crippen LogP contribution in [0, 0.1) is 6.92 Å². The van der Waals surface area contributed by atoms with Crippen LogP contribution in [-0.2, 0) is 6.54 Å². The lowest BCUT2D eigenvalue weighted by Crippen LogP contribution is -2.25. The zero-order valence-corrected chi connectivity index (χ0v) is 11.3. The largest absolute Gasteiger partial charge is 0.396 e. The van der Waals surface area contributed by atoms with Gasteiger partial charge in [-0.2, -0.15) is 4.98 Å². The van der Waals surface area contributed by atoms with Gasteiger partial charge in [0.15, 0.2) is 5.82 Å². The molecule has 0 bridgehead atoms. The van der Waals surface area contributed by atoms with E-state index < -0.39 is 0 Å². The number of aliphatic hydroxyl groups is 1. The molecule has 1 atom stereocenters. The Labute approximate surface area is 112 Å². The molecule has 0 aliphatic heterocycles. The average Bonchev–Trinajstić information content (AvgIpc) is 2.82. The summed E-state index contributed by atoms with van der Waals surface area (Å²) in [5.41, 5.74) is 1.18. The van der Waals surface area contributed by atoms with Crippen LogP contribution in [0.2, 0.25) is 0 Å². The Morgan fingerprint density at radius 1 is 1.32 bits per heavy atom. The minimum atomic E-state index is 0.144. The molecule has 0 fully saturated rings. The van der Waals surface area contributed by atoms with Crippen molar-refractivity contribution in [2.45, 2.75) is 25.9 Å². The van der Waals surface area contributed by atoms with Gasteiger partial charge in [0.25, 0.3) is 0 Å². The molecular weight excluding hydrogens is 242 g/mol. The highest BCUT2D eigenvalue weighted by Crippen LogP contribution is 2.23. The fraction of sp³-hybridized carbons (Fsp3) is 0.429. The third-order valence-electron chi connectivity index (χ3n) is 3.08. The summed E-state index contributed by atoms with van der Waals surface area (Å²) >= 11 is 0. The standard InChI is InChI=1S/C14H19N3O2/c1-11-15-14(16-19-11)10-17(2)13(8-9-18)12-6-4-3-5-7-12/h3-7,13,18H,8-10H2,1-2H3. The molecule has 0 radical (unpaired) electrons. The SMILES string of the molecule is Cc1nc(CN(C)C(CCO)c2ccccc2)no1. The second-order valence-corrected chi connectivity index (χ2v) is 4.58. The fourth-order valence-corrected chi connectivity index (χ4v) is 2.18. The number of rotatable bonds is 6. The van der Waals surface area contributed by atoms with Crippen LogP contribution in [0.1, 0.15) is 29.7 Å². The molecule has 1 aromatic heterocycles. The summed E-state index contributed by atoms with van der Waals surface area (Å²) in [5.74, 6) is 1.24. The first-order chi connectivity index (χ1) is 9.20. The van der Waals surface area contributed by atoms with E-state index in [1.54, 1.807) is 6.92 Å². The highest BCUT2D eigenvalue weighted by Gasteiger charge is 2.18. The molecule has 102 valence electrons. The van der Waals surface area contributed by atoms with Crippen molar-refractivity contribution in [3.63, 3.8) is 0 Å². The second-order valence-electron chi connectivity index (χ2n) is 4.58. The van der Waals surface area contributed by atoms with Gasteiger partial charge >= 0.3 is 0 Å². The van der Waals surface area contributed by atoms with Crippen molar-refractivity contribution in [1.29, 1.82) is 0 Å². The summed E-state index contributed by atoms with van der Waals surface area (Å²) < 4.78 is 4.97. The molecular formula is C14H19N3O2.